The number of carbonyl (C=O) groups excluding carboxylic acids is 1. The van der Waals surface area contributed by atoms with Crippen LogP contribution in [0.15, 0.2) is 32.5 Å². The molecule has 0 radical (unpaired) electrons. The zero-order valence-electron chi connectivity index (χ0n) is 17.2. The smallest absolute Gasteiger partial charge is 0.270 e. The quantitative estimate of drug-likeness (QED) is 0.536. The molecule has 3 rings (SSSR count). The first-order valence-electron chi connectivity index (χ1n) is 9.50. The minimum Gasteiger partial charge on any atom is -0.467 e. The Hall–Kier alpha value is -2.83. The second kappa shape index (κ2) is 8.90. The van der Waals surface area contributed by atoms with Gasteiger partial charge in [0.25, 0.3) is 11.5 Å². The summed E-state index contributed by atoms with van der Waals surface area (Å²) in [5.41, 5.74) is 0.824. The summed E-state index contributed by atoms with van der Waals surface area (Å²) in [6, 6.07) is 5.56. The standard InChI is InChI=1S/C21H22N4O3S2/c1-5-24-18(23-11-14-7-6-8-28-14)15(13(4)16(10-22)19(24)26)9-17-20(27)25(12(2)3)21(29)30-17/h6-9,12,23H,5,11H2,1-4H3/b17-9-. The van der Waals surface area contributed by atoms with Gasteiger partial charge in [-0.15, -0.1) is 0 Å². The maximum Gasteiger partial charge on any atom is 0.270 e. The van der Waals surface area contributed by atoms with E-state index in [1.165, 1.54) is 16.3 Å². The Bertz CT molecular complexity index is 1120. The monoisotopic (exact) mass is 442 g/mol. The van der Waals surface area contributed by atoms with Crippen LogP contribution >= 0.6 is 24.0 Å². The van der Waals surface area contributed by atoms with Crippen LogP contribution < -0.4 is 10.9 Å². The summed E-state index contributed by atoms with van der Waals surface area (Å²) < 4.78 is 7.38. The molecule has 1 aliphatic heterocycles. The van der Waals surface area contributed by atoms with Gasteiger partial charge in [-0.25, -0.2) is 0 Å². The van der Waals surface area contributed by atoms with Gasteiger partial charge in [-0.1, -0.05) is 24.0 Å². The van der Waals surface area contributed by atoms with E-state index in [4.69, 9.17) is 16.6 Å². The number of nitrogens with zero attached hydrogens (tertiary/aromatic N) is 3. The highest BCUT2D eigenvalue weighted by Crippen LogP contribution is 2.36. The van der Waals surface area contributed by atoms with E-state index in [0.29, 0.717) is 45.0 Å². The summed E-state index contributed by atoms with van der Waals surface area (Å²) in [6.07, 6.45) is 3.29. The lowest BCUT2D eigenvalue weighted by Crippen LogP contribution is -2.34. The number of aromatic nitrogens is 1. The molecule has 9 heteroatoms. The molecule has 0 aliphatic carbocycles. The van der Waals surface area contributed by atoms with Crippen LogP contribution in [0.5, 0.6) is 0 Å². The fraction of sp³-hybridized carbons (Fsp3) is 0.333. The molecule has 0 bridgehead atoms. The summed E-state index contributed by atoms with van der Waals surface area (Å²) in [7, 11) is 0. The van der Waals surface area contributed by atoms with Gasteiger partial charge in [0.2, 0.25) is 0 Å². The van der Waals surface area contributed by atoms with Gasteiger partial charge >= 0.3 is 0 Å². The summed E-state index contributed by atoms with van der Waals surface area (Å²) in [4.78, 5) is 27.8. The van der Waals surface area contributed by atoms with E-state index in [1.807, 2.05) is 32.9 Å². The third-order valence-electron chi connectivity index (χ3n) is 4.82. The molecule has 156 valence electrons. The Kier molecular flexibility index (Phi) is 6.48. The largest absolute Gasteiger partial charge is 0.467 e. The number of hydrogen-bond acceptors (Lipinski definition) is 7. The van der Waals surface area contributed by atoms with Gasteiger partial charge in [0.1, 0.15) is 27.5 Å². The maximum atomic E-state index is 12.9. The highest BCUT2D eigenvalue weighted by molar-refractivity contribution is 8.26. The van der Waals surface area contributed by atoms with Crippen molar-refractivity contribution in [3.63, 3.8) is 0 Å². The Morgan fingerprint density at radius 2 is 2.13 bits per heavy atom. The highest BCUT2D eigenvalue weighted by atomic mass is 32.2. The minimum absolute atomic E-state index is 0.0553. The molecule has 1 saturated heterocycles. The summed E-state index contributed by atoms with van der Waals surface area (Å²) in [6.45, 7) is 8.07. The lowest BCUT2D eigenvalue weighted by atomic mass is 10.0. The Balaban J connectivity index is 2.17. The molecule has 0 atom stereocenters. The number of thiocarbonyl (C=S) groups is 1. The number of rotatable bonds is 6. The zero-order chi connectivity index (χ0) is 22.0. The fourth-order valence-corrected chi connectivity index (χ4v) is 4.80. The van der Waals surface area contributed by atoms with Crippen molar-refractivity contribution in [2.45, 2.75) is 46.8 Å². The van der Waals surface area contributed by atoms with E-state index in [9.17, 15) is 14.9 Å². The van der Waals surface area contributed by atoms with Crippen molar-refractivity contribution in [3.05, 3.63) is 56.1 Å². The molecule has 2 aromatic rings. The molecule has 1 aliphatic rings. The second-order valence-corrected chi connectivity index (χ2v) is 8.68. The van der Waals surface area contributed by atoms with Gasteiger partial charge < -0.3 is 9.73 Å². The maximum absolute atomic E-state index is 12.9. The van der Waals surface area contributed by atoms with Crippen molar-refractivity contribution in [2.24, 2.45) is 0 Å². The number of furan rings is 1. The third-order valence-corrected chi connectivity index (χ3v) is 6.15. The van der Waals surface area contributed by atoms with Gasteiger partial charge in [0.05, 0.1) is 17.7 Å². The number of nitrogens with one attached hydrogen (secondary N) is 1. The van der Waals surface area contributed by atoms with E-state index >= 15 is 0 Å². The third kappa shape index (κ3) is 3.93. The van der Waals surface area contributed by atoms with Crippen LogP contribution in [-0.2, 0) is 17.9 Å². The van der Waals surface area contributed by atoms with Crippen LogP contribution in [0.1, 0.15) is 43.2 Å². The number of pyridine rings is 1. The molecular formula is C21H22N4O3S2. The lowest BCUT2D eigenvalue weighted by Gasteiger charge is -2.19. The van der Waals surface area contributed by atoms with E-state index in [1.54, 1.807) is 30.2 Å². The minimum atomic E-state index is -0.369. The van der Waals surface area contributed by atoms with E-state index in [0.717, 1.165) is 0 Å². The molecule has 0 aromatic carbocycles. The first-order valence-corrected chi connectivity index (χ1v) is 10.7. The van der Waals surface area contributed by atoms with Gasteiger partial charge in [-0.3, -0.25) is 19.1 Å². The van der Waals surface area contributed by atoms with Crippen LogP contribution in [0, 0.1) is 18.3 Å². The van der Waals surface area contributed by atoms with Gasteiger partial charge in [-0.05, 0) is 51.5 Å². The number of carbonyl (C=O) groups is 1. The molecule has 0 spiro atoms. The average molecular weight is 443 g/mol. The number of nitriles is 1. The van der Waals surface area contributed by atoms with Crippen molar-refractivity contribution in [1.29, 1.82) is 5.26 Å². The Labute approximate surface area is 184 Å². The topological polar surface area (TPSA) is 91.3 Å². The lowest BCUT2D eigenvalue weighted by molar-refractivity contribution is -0.123. The second-order valence-electron chi connectivity index (χ2n) is 7.00. The molecule has 1 fully saturated rings. The molecule has 0 saturated carbocycles. The molecule has 1 N–H and O–H groups in total. The fourth-order valence-electron chi connectivity index (χ4n) is 3.30. The normalized spacial score (nSPS) is 15.3. The first-order chi connectivity index (χ1) is 14.3. The summed E-state index contributed by atoms with van der Waals surface area (Å²) in [5, 5.41) is 12.8. The van der Waals surface area contributed by atoms with Gasteiger partial charge in [0.15, 0.2) is 0 Å². The van der Waals surface area contributed by atoms with E-state index in [2.05, 4.69) is 5.32 Å². The number of hydrogen-bond donors (Lipinski definition) is 1. The van der Waals surface area contributed by atoms with E-state index in [-0.39, 0.29) is 23.1 Å². The molecule has 3 heterocycles. The van der Waals surface area contributed by atoms with Crippen molar-refractivity contribution in [1.82, 2.24) is 9.47 Å². The molecule has 0 unspecified atom stereocenters. The molecule has 7 nitrogen and oxygen atoms in total. The Morgan fingerprint density at radius 3 is 2.67 bits per heavy atom. The van der Waals surface area contributed by atoms with Crippen LogP contribution in [-0.4, -0.2) is 25.7 Å². The number of anilines is 1. The van der Waals surface area contributed by atoms with E-state index < -0.39 is 0 Å². The molecule has 2 aromatic heterocycles. The van der Waals surface area contributed by atoms with Crippen LogP contribution in [0.25, 0.3) is 6.08 Å². The SMILES string of the molecule is CCn1c(NCc2ccco2)c(/C=C2\SC(=S)N(C(C)C)C2=O)c(C)c(C#N)c1=O. The molecule has 1 amide bonds. The van der Waals surface area contributed by atoms with Crippen LogP contribution in [0.2, 0.25) is 0 Å². The summed E-state index contributed by atoms with van der Waals surface area (Å²) in [5.74, 6) is 1.05. The van der Waals surface area contributed by atoms with Gasteiger partial charge in [-0.2, -0.15) is 5.26 Å². The molecule has 30 heavy (non-hydrogen) atoms. The van der Waals surface area contributed by atoms with Crippen LogP contribution in [0.4, 0.5) is 5.82 Å². The predicted octanol–water partition coefficient (Wildman–Crippen LogP) is 3.86. The molecular weight excluding hydrogens is 420 g/mol. The van der Waals surface area contributed by atoms with Crippen LogP contribution in [0.3, 0.4) is 0 Å². The zero-order valence-corrected chi connectivity index (χ0v) is 18.8. The van der Waals surface area contributed by atoms with Crippen molar-refractivity contribution in [2.75, 3.05) is 5.32 Å². The van der Waals surface area contributed by atoms with Crippen molar-refractivity contribution in [3.8, 4) is 6.07 Å². The Morgan fingerprint density at radius 1 is 1.40 bits per heavy atom. The summed E-state index contributed by atoms with van der Waals surface area (Å²) >= 11 is 6.59. The van der Waals surface area contributed by atoms with Gasteiger partial charge in [0, 0.05) is 18.2 Å². The van der Waals surface area contributed by atoms with Crippen molar-refractivity contribution >= 4 is 46.1 Å². The average Bonchev–Trinajstić information content (AvgIpc) is 3.30. The first kappa shape index (κ1) is 21.9. The number of amides is 1. The highest BCUT2D eigenvalue weighted by Gasteiger charge is 2.34. The predicted molar refractivity (Wildman–Crippen MR) is 122 cm³/mol. The van der Waals surface area contributed by atoms with Crippen molar-refractivity contribution < 1.29 is 9.21 Å². The number of thioether (sulfide) groups is 1.